The third kappa shape index (κ3) is 2.47. The van der Waals surface area contributed by atoms with Crippen LogP contribution in [-0.2, 0) is 0 Å². The van der Waals surface area contributed by atoms with Gasteiger partial charge in [-0.15, -0.1) is 0 Å². The van der Waals surface area contributed by atoms with Crippen LogP contribution in [0.4, 0.5) is 0 Å². The van der Waals surface area contributed by atoms with Crippen LogP contribution in [0.5, 0.6) is 0 Å². The number of hydrogen-bond donors (Lipinski definition) is 0. The van der Waals surface area contributed by atoms with Crippen LogP contribution in [0.2, 0.25) is 5.02 Å². The lowest BCUT2D eigenvalue weighted by Gasteiger charge is -2.13. The van der Waals surface area contributed by atoms with E-state index in [0.717, 1.165) is 0 Å². The molecular weight excluding hydrogens is 322 g/mol. The van der Waals surface area contributed by atoms with Gasteiger partial charge in [-0.05, 0) is 48.5 Å². The van der Waals surface area contributed by atoms with E-state index in [-0.39, 0.29) is 5.56 Å². The zero-order valence-electron chi connectivity index (χ0n) is 12.6. The Morgan fingerprint density at radius 3 is 2.38 bits per heavy atom. The minimum Gasteiger partial charge on any atom is -0.268 e. The largest absolute Gasteiger partial charge is 0.268 e. The van der Waals surface area contributed by atoms with Gasteiger partial charge in [0.15, 0.2) is 5.82 Å². The first-order valence-corrected chi connectivity index (χ1v) is 7.81. The van der Waals surface area contributed by atoms with Crippen molar-refractivity contribution in [1.29, 1.82) is 0 Å². The number of halogens is 1. The fourth-order valence-corrected chi connectivity index (χ4v) is 2.76. The smallest absolute Gasteiger partial charge is 0.266 e. The molecule has 2 aromatic carbocycles. The third-order valence-corrected chi connectivity index (χ3v) is 4.01. The lowest BCUT2D eigenvalue weighted by atomic mass is 10.2. The first kappa shape index (κ1) is 14.6. The van der Waals surface area contributed by atoms with Crippen molar-refractivity contribution in [2.45, 2.75) is 0 Å². The molecule has 0 aliphatic heterocycles. The number of benzene rings is 2. The average Bonchev–Trinajstić information content (AvgIpc) is 2.63. The Balaban J connectivity index is 2.11. The van der Waals surface area contributed by atoms with E-state index in [0.29, 0.717) is 33.1 Å². The van der Waals surface area contributed by atoms with Crippen molar-refractivity contribution in [2.75, 3.05) is 0 Å². The second kappa shape index (κ2) is 5.91. The molecule has 0 saturated heterocycles. The van der Waals surface area contributed by atoms with E-state index in [9.17, 15) is 4.79 Å². The highest BCUT2D eigenvalue weighted by molar-refractivity contribution is 6.30. The molecule has 0 radical (unpaired) electrons. The monoisotopic (exact) mass is 333 g/mol. The summed E-state index contributed by atoms with van der Waals surface area (Å²) in [7, 11) is 0. The van der Waals surface area contributed by atoms with Crippen molar-refractivity contribution in [3.63, 3.8) is 0 Å². The molecule has 0 bridgehead atoms. The van der Waals surface area contributed by atoms with Gasteiger partial charge < -0.3 is 0 Å². The SMILES string of the molecule is O=c1c2ccccc2nc(-c2ccccn2)n1-c1ccc(Cl)cc1. The summed E-state index contributed by atoms with van der Waals surface area (Å²) in [5, 5.41) is 1.17. The van der Waals surface area contributed by atoms with Crippen LogP contribution in [-0.4, -0.2) is 14.5 Å². The van der Waals surface area contributed by atoms with Crippen LogP contribution in [0, 0.1) is 0 Å². The summed E-state index contributed by atoms with van der Waals surface area (Å²) in [6.07, 6.45) is 1.68. The molecule has 0 N–H and O–H groups in total. The van der Waals surface area contributed by atoms with Crippen LogP contribution >= 0.6 is 11.6 Å². The quantitative estimate of drug-likeness (QED) is 0.555. The van der Waals surface area contributed by atoms with Crippen molar-refractivity contribution >= 4 is 22.5 Å². The maximum absolute atomic E-state index is 13.1. The molecular formula is C19H12ClN3O. The van der Waals surface area contributed by atoms with Crippen molar-refractivity contribution in [2.24, 2.45) is 0 Å². The van der Waals surface area contributed by atoms with E-state index in [1.165, 1.54) is 0 Å². The van der Waals surface area contributed by atoms with E-state index in [1.807, 2.05) is 36.4 Å². The standard InChI is InChI=1S/C19H12ClN3O/c20-13-8-10-14(11-9-13)23-18(17-7-3-4-12-21-17)22-16-6-2-1-5-15(16)19(23)24/h1-12H. The number of pyridine rings is 1. The lowest BCUT2D eigenvalue weighted by molar-refractivity contribution is 0.965. The first-order valence-electron chi connectivity index (χ1n) is 7.43. The molecule has 2 aromatic heterocycles. The fourth-order valence-electron chi connectivity index (χ4n) is 2.63. The molecule has 0 amide bonds. The minimum absolute atomic E-state index is 0.136. The Labute approximate surface area is 143 Å². The van der Waals surface area contributed by atoms with Gasteiger partial charge in [0.1, 0.15) is 5.69 Å². The molecule has 5 heteroatoms. The summed E-state index contributed by atoms with van der Waals surface area (Å²) in [4.78, 5) is 22.1. The van der Waals surface area contributed by atoms with Crippen molar-refractivity contribution in [3.8, 4) is 17.2 Å². The molecule has 0 fully saturated rings. The molecule has 116 valence electrons. The maximum Gasteiger partial charge on any atom is 0.266 e. The molecule has 0 saturated carbocycles. The highest BCUT2D eigenvalue weighted by Crippen LogP contribution is 2.21. The highest BCUT2D eigenvalue weighted by Gasteiger charge is 2.14. The number of para-hydroxylation sites is 1. The van der Waals surface area contributed by atoms with E-state index in [4.69, 9.17) is 11.6 Å². The number of nitrogens with zero attached hydrogens (tertiary/aromatic N) is 3. The summed E-state index contributed by atoms with van der Waals surface area (Å²) >= 11 is 5.98. The van der Waals surface area contributed by atoms with Crippen molar-refractivity contribution in [1.82, 2.24) is 14.5 Å². The van der Waals surface area contributed by atoms with E-state index in [1.54, 1.807) is 41.1 Å². The number of fused-ring (bicyclic) bond motifs is 1. The van der Waals surface area contributed by atoms with Gasteiger partial charge in [-0.2, -0.15) is 0 Å². The van der Waals surface area contributed by atoms with E-state index >= 15 is 0 Å². The average molecular weight is 334 g/mol. The summed E-state index contributed by atoms with van der Waals surface area (Å²) < 4.78 is 1.57. The van der Waals surface area contributed by atoms with Crippen LogP contribution in [0.15, 0.2) is 77.7 Å². The van der Waals surface area contributed by atoms with Gasteiger partial charge >= 0.3 is 0 Å². The predicted octanol–water partition coefficient (Wildman–Crippen LogP) is 4.10. The molecule has 4 aromatic rings. The van der Waals surface area contributed by atoms with E-state index < -0.39 is 0 Å². The van der Waals surface area contributed by atoms with E-state index in [2.05, 4.69) is 9.97 Å². The summed E-state index contributed by atoms with van der Waals surface area (Å²) in [5.74, 6) is 0.502. The van der Waals surface area contributed by atoms with Crippen LogP contribution in [0.3, 0.4) is 0 Å². The number of rotatable bonds is 2. The van der Waals surface area contributed by atoms with Gasteiger partial charge in [-0.1, -0.05) is 29.8 Å². The van der Waals surface area contributed by atoms with Crippen LogP contribution in [0.25, 0.3) is 28.1 Å². The van der Waals surface area contributed by atoms with Gasteiger partial charge in [-0.25, -0.2) is 4.98 Å². The molecule has 0 atom stereocenters. The Morgan fingerprint density at radius 2 is 1.62 bits per heavy atom. The zero-order chi connectivity index (χ0) is 16.5. The fraction of sp³-hybridized carbons (Fsp3) is 0. The maximum atomic E-state index is 13.1. The highest BCUT2D eigenvalue weighted by atomic mass is 35.5. The Morgan fingerprint density at radius 1 is 0.875 bits per heavy atom. The molecule has 0 spiro atoms. The number of hydrogen-bond acceptors (Lipinski definition) is 3. The molecule has 4 nitrogen and oxygen atoms in total. The van der Waals surface area contributed by atoms with Gasteiger partial charge in [0, 0.05) is 11.2 Å². The Hall–Kier alpha value is -2.98. The second-order valence-electron chi connectivity index (χ2n) is 5.28. The van der Waals surface area contributed by atoms with Gasteiger partial charge in [0.2, 0.25) is 0 Å². The van der Waals surface area contributed by atoms with Crippen LogP contribution < -0.4 is 5.56 Å². The van der Waals surface area contributed by atoms with Crippen LogP contribution in [0.1, 0.15) is 0 Å². The zero-order valence-corrected chi connectivity index (χ0v) is 13.3. The molecule has 24 heavy (non-hydrogen) atoms. The molecule has 0 aliphatic carbocycles. The first-order chi connectivity index (χ1) is 11.7. The van der Waals surface area contributed by atoms with Gasteiger partial charge in [0.05, 0.1) is 16.6 Å². The van der Waals surface area contributed by atoms with Gasteiger partial charge in [-0.3, -0.25) is 14.3 Å². The Kier molecular flexibility index (Phi) is 3.59. The summed E-state index contributed by atoms with van der Waals surface area (Å²) in [5.41, 5.74) is 1.84. The molecule has 4 rings (SSSR count). The van der Waals surface area contributed by atoms with Crippen molar-refractivity contribution < 1.29 is 0 Å². The predicted molar refractivity (Wildman–Crippen MR) is 95.6 cm³/mol. The summed E-state index contributed by atoms with van der Waals surface area (Å²) in [6.45, 7) is 0. The second-order valence-corrected chi connectivity index (χ2v) is 5.72. The topological polar surface area (TPSA) is 47.8 Å². The molecule has 2 heterocycles. The molecule has 0 aliphatic rings. The lowest BCUT2D eigenvalue weighted by Crippen LogP contribution is -2.22. The summed E-state index contributed by atoms with van der Waals surface area (Å²) in [6, 6.07) is 19.9. The van der Waals surface area contributed by atoms with Gasteiger partial charge in [0.25, 0.3) is 5.56 Å². The molecule has 0 unspecified atom stereocenters. The normalized spacial score (nSPS) is 10.9. The Bertz CT molecular complexity index is 1070. The number of aromatic nitrogens is 3. The minimum atomic E-state index is -0.136. The third-order valence-electron chi connectivity index (χ3n) is 3.75. The van der Waals surface area contributed by atoms with Crippen molar-refractivity contribution in [3.05, 3.63) is 88.3 Å².